The zero-order chi connectivity index (χ0) is 20.0. The second-order valence-electron chi connectivity index (χ2n) is 6.66. The van der Waals surface area contributed by atoms with Crippen LogP contribution in [-0.4, -0.2) is 78.0 Å². The van der Waals surface area contributed by atoms with Gasteiger partial charge in [0.25, 0.3) is 0 Å². The molecule has 0 saturated carbocycles. The third-order valence-electron chi connectivity index (χ3n) is 4.49. The van der Waals surface area contributed by atoms with Crippen molar-refractivity contribution < 1.29 is 22.7 Å². The van der Waals surface area contributed by atoms with E-state index in [-0.39, 0.29) is 5.91 Å². The summed E-state index contributed by atoms with van der Waals surface area (Å²) in [6.07, 6.45) is 1.09. The van der Waals surface area contributed by atoms with Gasteiger partial charge >= 0.3 is 0 Å². The van der Waals surface area contributed by atoms with Gasteiger partial charge in [-0.1, -0.05) is 6.07 Å². The van der Waals surface area contributed by atoms with Crippen LogP contribution in [0, 0.1) is 6.92 Å². The van der Waals surface area contributed by atoms with Gasteiger partial charge in [-0.15, -0.1) is 0 Å². The fourth-order valence-corrected chi connectivity index (χ4v) is 4.23. The number of hydrogen-bond donors (Lipinski definition) is 1. The molecular formula is C18H29N3O5S. The highest BCUT2D eigenvalue weighted by Gasteiger charge is 2.31. The monoisotopic (exact) mass is 399 g/mol. The minimum Gasteiger partial charge on any atom is -0.495 e. The summed E-state index contributed by atoms with van der Waals surface area (Å²) >= 11 is 0. The van der Waals surface area contributed by atoms with Gasteiger partial charge in [-0.3, -0.25) is 14.0 Å². The third kappa shape index (κ3) is 5.82. The predicted molar refractivity (Wildman–Crippen MR) is 105 cm³/mol. The van der Waals surface area contributed by atoms with Crippen LogP contribution in [0.1, 0.15) is 12.5 Å². The standard InChI is InChI=1S/C18H29N3O5S/c1-14-5-6-17(25-3)16(13-14)21(27(4,23)24)15(2)18(22)19-7-8-20-9-11-26-12-10-20/h5-6,13,15H,7-12H2,1-4H3,(H,19,22). The van der Waals surface area contributed by atoms with Crippen LogP contribution in [0.15, 0.2) is 18.2 Å². The fraction of sp³-hybridized carbons (Fsp3) is 0.611. The molecule has 2 rings (SSSR count). The number of anilines is 1. The lowest BCUT2D eigenvalue weighted by Gasteiger charge is -2.30. The van der Waals surface area contributed by atoms with E-state index in [2.05, 4.69) is 10.2 Å². The summed E-state index contributed by atoms with van der Waals surface area (Å²) < 4.78 is 36.6. The van der Waals surface area contributed by atoms with Crippen LogP contribution in [0.4, 0.5) is 5.69 Å². The van der Waals surface area contributed by atoms with Crippen molar-refractivity contribution in [2.75, 3.05) is 57.1 Å². The van der Waals surface area contributed by atoms with Crippen molar-refractivity contribution in [2.45, 2.75) is 19.9 Å². The lowest BCUT2D eigenvalue weighted by atomic mass is 10.2. The lowest BCUT2D eigenvalue weighted by Crippen LogP contribution is -2.49. The average molecular weight is 400 g/mol. The van der Waals surface area contributed by atoms with Crippen molar-refractivity contribution in [1.29, 1.82) is 0 Å². The van der Waals surface area contributed by atoms with Gasteiger partial charge in [-0.2, -0.15) is 0 Å². The smallest absolute Gasteiger partial charge is 0.243 e. The van der Waals surface area contributed by atoms with Crippen molar-refractivity contribution in [3.05, 3.63) is 23.8 Å². The summed E-state index contributed by atoms with van der Waals surface area (Å²) in [4.78, 5) is 14.8. The Morgan fingerprint density at radius 3 is 2.63 bits per heavy atom. The van der Waals surface area contributed by atoms with Crippen LogP contribution in [0.3, 0.4) is 0 Å². The second-order valence-corrected chi connectivity index (χ2v) is 8.51. The number of morpholine rings is 1. The van der Waals surface area contributed by atoms with Crippen molar-refractivity contribution in [3.63, 3.8) is 0 Å². The maximum atomic E-state index is 12.6. The number of aryl methyl sites for hydroxylation is 1. The highest BCUT2D eigenvalue weighted by Crippen LogP contribution is 2.32. The highest BCUT2D eigenvalue weighted by molar-refractivity contribution is 7.92. The molecule has 1 unspecified atom stereocenters. The van der Waals surface area contributed by atoms with Gasteiger partial charge in [0.2, 0.25) is 15.9 Å². The van der Waals surface area contributed by atoms with E-state index < -0.39 is 16.1 Å². The Hall–Kier alpha value is -1.84. The minimum absolute atomic E-state index is 0.350. The summed E-state index contributed by atoms with van der Waals surface area (Å²) in [5, 5.41) is 2.84. The van der Waals surface area contributed by atoms with Crippen LogP contribution in [0.2, 0.25) is 0 Å². The van der Waals surface area contributed by atoms with Gasteiger partial charge < -0.3 is 14.8 Å². The van der Waals surface area contributed by atoms with Crippen molar-refractivity contribution in [2.24, 2.45) is 0 Å². The number of nitrogens with zero attached hydrogens (tertiary/aromatic N) is 2. The third-order valence-corrected chi connectivity index (χ3v) is 5.72. The molecule has 1 aromatic rings. The predicted octanol–water partition coefficient (Wildman–Crippen LogP) is 0.607. The molecule has 1 N–H and O–H groups in total. The number of carbonyl (C=O) groups excluding carboxylic acids is 1. The number of hydrogen-bond acceptors (Lipinski definition) is 6. The zero-order valence-electron chi connectivity index (χ0n) is 16.4. The van der Waals surface area contributed by atoms with Crippen LogP contribution >= 0.6 is 0 Å². The van der Waals surface area contributed by atoms with Crippen molar-refractivity contribution in [1.82, 2.24) is 10.2 Å². The number of sulfonamides is 1. The summed E-state index contributed by atoms with van der Waals surface area (Å²) in [6.45, 7) is 7.64. The maximum absolute atomic E-state index is 12.6. The van der Waals surface area contributed by atoms with E-state index >= 15 is 0 Å². The molecule has 0 spiro atoms. The topological polar surface area (TPSA) is 88.2 Å². The van der Waals surface area contributed by atoms with Gasteiger partial charge in [0.05, 0.1) is 32.3 Å². The Kier molecular flexibility index (Phi) is 7.46. The fourth-order valence-electron chi connectivity index (χ4n) is 3.06. The van der Waals surface area contributed by atoms with E-state index in [1.54, 1.807) is 19.1 Å². The molecule has 1 atom stereocenters. The first kappa shape index (κ1) is 21.5. The van der Waals surface area contributed by atoms with Crippen LogP contribution in [0.5, 0.6) is 5.75 Å². The second kappa shape index (κ2) is 9.38. The Morgan fingerprint density at radius 2 is 2.04 bits per heavy atom. The van der Waals surface area contributed by atoms with Crippen molar-refractivity contribution in [3.8, 4) is 5.75 Å². The summed E-state index contributed by atoms with van der Waals surface area (Å²) in [6, 6.07) is 4.33. The average Bonchev–Trinajstić information content (AvgIpc) is 2.61. The molecule has 152 valence electrons. The maximum Gasteiger partial charge on any atom is 0.243 e. The SMILES string of the molecule is COc1ccc(C)cc1N(C(C)C(=O)NCCN1CCOCC1)S(C)(=O)=O. The molecule has 1 aromatic carbocycles. The summed E-state index contributed by atoms with van der Waals surface area (Å²) in [5.74, 6) is 0.0521. The molecule has 1 heterocycles. The molecule has 9 heteroatoms. The Morgan fingerprint density at radius 1 is 1.37 bits per heavy atom. The molecule has 1 aliphatic heterocycles. The highest BCUT2D eigenvalue weighted by atomic mass is 32.2. The minimum atomic E-state index is -3.69. The first-order chi connectivity index (χ1) is 12.7. The Labute approximate surface area is 161 Å². The van der Waals surface area contributed by atoms with E-state index in [0.29, 0.717) is 37.7 Å². The quantitative estimate of drug-likeness (QED) is 0.689. The number of nitrogens with one attached hydrogen (secondary N) is 1. The number of amides is 1. The number of carbonyl (C=O) groups is 1. The Bertz CT molecular complexity index is 747. The van der Waals surface area contributed by atoms with Crippen LogP contribution in [0.25, 0.3) is 0 Å². The number of rotatable bonds is 8. The van der Waals surface area contributed by atoms with Gasteiger partial charge in [-0.25, -0.2) is 8.42 Å². The zero-order valence-corrected chi connectivity index (χ0v) is 17.2. The number of benzene rings is 1. The number of ether oxygens (including phenoxy) is 2. The normalized spacial score (nSPS) is 16.6. The van der Waals surface area contributed by atoms with Gasteiger partial charge in [-0.05, 0) is 31.5 Å². The first-order valence-electron chi connectivity index (χ1n) is 8.96. The van der Waals surface area contributed by atoms with Crippen LogP contribution in [-0.2, 0) is 19.6 Å². The Balaban J connectivity index is 2.11. The molecule has 1 fully saturated rings. The lowest BCUT2D eigenvalue weighted by molar-refractivity contribution is -0.121. The molecule has 0 bridgehead atoms. The molecular weight excluding hydrogens is 370 g/mol. The molecule has 8 nitrogen and oxygen atoms in total. The van der Waals surface area contributed by atoms with Gasteiger partial charge in [0.1, 0.15) is 11.8 Å². The van der Waals surface area contributed by atoms with E-state index in [9.17, 15) is 13.2 Å². The molecule has 27 heavy (non-hydrogen) atoms. The van der Waals surface area contributed by atoms with Crippen molar-refractivity contribution >= 4 is 21.6 Å². The van der Waals surface area contributed by atoms with Crippen LogP contribution < -0.4 is 14.4 Å². The van der Waals surface area contributed by atoms with E-state index in [0.717, 1.165) is 29.2 Å². The molecule has 1 amide bonds. The van der Waals surface area contributed by atoms with Gasteiger partial charge in [0.15, 0.2) is 0 Å². The molecule has 0 aliphatic carbocycles. The summed E-state index contributed by atoms with van der Waals surface area (Å²) in [5.41, 5.74) is 1.23. The molecule has 0 aromatic heterocycles. The molecule has 1 aliphatic rings. The van der Waals surface area contributed by atoms with E-state index in [4.69, 9.17) is 9.47 Å². The largest absolute Gasteiger partial charge is 0.495 e. The number of methoxy groups -OCH3 is 1. The van der Waals surface area contributed by atoms with Gasteiger partial charge in [0, 0.05) is 26.2 Å². The van der Waals surface area contributed by atoms with E-state index in [1.807, 2.05) is 13.0 Å². The van der Waals surface area contributed by atoms with E-state index in [1.165, 1.54) is 7.11 Å². The summed E-state index contributed by atoms with van der Waals surface area (Å²) in [7, 11) is -2.22. The molecule has 1 saturated heterocycles. The first-order valence-corrected chi connectivity index (χ1v) is 10.8. The molecule has 0 radical (unpaired) electrons.